The van der Waals surface area contributed by atoms with Crippen molar-refractivity contribution in [2.24, 2.45) is 11.7 Å². The molecule has 37 heavy (non-hydrogen) atoms. The van der Waals surface area contributed by atoms with Crippen molar-refractivity contribution in [3.8, 4) is 11.6 Å². The Labute approximate surface area is 215 Å². The summed E-state index contributed by atoms with van der Waals surface area (Å²) in [6.07, 6.45) is 1.41. The zero-order chi connectivity index (χ0) is 26.5. The Hall–Kier alpha value is -4.44. The Balaban J connectivity index is 1.72. The molecule has 190 valence electrons. The van der Waals surface area contributed by atoms with Crippen LogP contribution in [0, 0.1) is 11.7 Å². The highest BCUT2D eigenvalue weighted by Crippen LogP contribution is 2.26. The van der Waals surface area contributed by atoms with Crippen molar-refractivity contribution in [1.82, 2.24) is 14.1 Å². The van der Waals surface area contributed by atoms with E-state index in [9.17, 15) is 18.8 Å². The maximum atomic E-state index is 14.0. The van der Waals surface area contributed by atoms with E-state index in [0.717, 1.165) is 10.1 Å². The second kappa shape index (κ2) is 11.1. The predicted octanol–water partition coefficient (Wildman–Crippen LogP) is 3.90. The first-order valence-corrected chi connectivity index (χ1v) is 11.6. The standard InChI is InChI=1S/C26H23ClFN5O4/c1-16(24(29)35)14-33-23(34)13-22(32(26(33)36)15-17-7-9-18(27)10-8-17)31-19-4-2-5-20(12-19)37-25-21(28)6-3-11-30-25/h2-13,16,31H,14-15H2,1H3,(H2,29,35)/t16-/m0/s1. The first-order valence-electron chi connectivity index (χ1n) is 11.2. The molecular weight excluding hydrogens is 501 g/mol. The van der Waals surface area contributed by atoms with Crippen molar-refractivity contribution in [3.05, 3.63) is 110 Å². The molecule has 0 saturated heterocycles. The van der Waals surface area contributed by atoms with E-state index in [0.29, 0.717) is 10.7 Å². The molecule has 0 aliphatic carbocycles. The molecule has 0 radical (unpaired) electrons. The van der Waals surface area contributed by atoms with E-state index in [1.165, 1.54) is 29.0 Å². The van der Waals surface area contributed by atoms with E-state index in [-0.39, 0.29) is 30.5 Å². The number of anilines is 2. The van der Waals surface area contributed by atoms with Crippen LogP contribution in [0.15, 0.2) is 82.5 Å². The number of rotatable bonds is 9. The van der Waals surface area contributed by atoms with Crippen LogP contribution in [0.25, 0.3) is 0 Å². The third kappa shape index (κ3) is 6.22. The Bertz CT molecular complexity index is 1550. The number of aromatic nitrogens is 3. The average molecular weight is 524 g/mol. The number of pyridine rings is 1. The fourth-order valence-corrected chi connectivity index (χ4v) is 3.65. The van der Waals surface area contributed by atoms with Gasteiger partial charge in [-0.2, -0.15) is 0 Å². The van der Waals surface area contributed by atoms with Gasteiger partial charge in [-0.25, -0.2) is 14.2 Å². The molecule has 3 N–H and O–H groups in total. The number of primary amides is 1. The van der Waals surface area contributed by atoms with Crippen molar-refractivity contribution in [1.29, 1.82) is 0 Å². The van der Waals surface area contributed by atoms with Crippen molar-refractivity contribution >= 4 is 29.0 Å². The molecule has 0 fully saturated rings. The molecule has 2 aromatic heterocycles. The van der Waals surface area contributed by atoms with Gasteiger partial charge in [-0.3, -0.25) is 18.7 Å². The van der Waals surface area contributed by atoms with Gasteiger partial charge < -0.3 is 15.8 Å². The van der Waals surface area contributed by atoms with E-state index in [4.69, 9.17) is 22.1 Å². The molecule has 11 heteroatoms. The summed E-state index contributed by atoms with van der Waals surface area (Å²) in [4.78, 5) is 41.7. The molecule has 2 heterocycles. The molecule has 0 aliphatic heterocycles. The Morgan fingerprint density at radius 1 is 1.11 bits per heavy atom. The largest absolute Gasteiger partial charge is 0.436 e. The van der Waals surface area contributed by atoms with Gasteiger partial charge in [0.15, 0.2) is 5.82 Å². The van der Waals surface area contributed by atoms with Crippen LogP contribution in [-0.4, -0.2) is 20.0 Å². The molecule has 4 aromatic rings. The number of halogens is 2. The minimum absolute atomic E-state index is 0.110. The summed E-state index contributed by atoms with van der Waals surface area (Å²) in [6, 6.07) is 17.4. The van der Waals surface area contributed by atoms with Crippen LogP contribution in [0.1, 0.15) is 12.5 Å². The van der Waals surface area contributed by atoms with E-state index < -0.39 is 28.9 Å². The summed E-state index contributed by atoms with van der Waals surface area (Å²) >= 11 is 5.99. The Morgan fingerprint density at radius 3 is 2.57 bits per heavy atom. The van der Waals surface area contributed by atoms with Crippen molar-refractivity contribution < 1.29 is 13.9 Å². The number of nitrogens with two attached hydrogens (primary N) is 1. The molecule has 0 unspecified atom stereocenters. The highest BCUT2D eigenvalue weighted by molar-refractivity contribution is 6.30. The number of nitrogens with zero attached hydrogens (tertiary/aromatic N) is 3. The lowest BCUT2D eigenvalue weighted by molar-refractivity contribution is -0.121. The summed E-state index contributed by atoms with van der Waals surface area (Å²) in [5.41, 5.74) is 5.35. The highest BCUT2D eigenvalue weighted by atomic mass is 35.5. The van der Waals surface area contributed by atoms with Gasteiger partial charge in [0, 0.05) is 35.6 Å². The lowest BCUT2D eigenvalue weighted by Gasteiger charge is -2.18. The third-order valence-electron chi connectivity index (χ3n) is 5.52. The van der Waals surface area contributed by atoms with Crippen LogP contribution in [0.2, 0.25) is 5.02 Å². The number of hydrogen-bond acceptors (Lipinski definition) is 6. The third-order valence-corrected chi connectivity index (χ3v) is 5.77. The number of carbonyl (C=O) groups excluding carboxylic acids is 1. The Morgan fingerprint density at radius 2 is 1.86 bits per heavy atom. The predicted molar refractivity (Wildman–Crippen MR) is 138 cm³/mol. The fourth-order valence-electron chi connectivity index (χ4n) is 3.52. The van der Waals surface area contributed by atoms with Crippen LogP contribution < -0.4 is 27.0 Å². The van der Waals surface area contributed by atoms with Gasteiger partial charge in [0.05, 0.1) is 12.5 Å². The summed E-state index contributed by atoms with van der Waals surface area (Å²) in [7, 11) is 0. The lowest BCUT2D eigenvalue weighted by Crippen LogP contribution is -2.43. The molecule has 4 rings (SSSR count). The van der Waals surface area contributed by atoms with Crippen molar-refractivity contribution in [3.63, 3.8) is 0 Å². The van der Waals surface area contributed by atoms with Gasteiger partial charge in [-0.1, -0.05) is 36.7 Å². The number of benzene rings is 2. The van der Waals surface area contributed by atoms with Gasteiger partial charge in [0.25, 0.3) is 11.4 Å². The van der Waals surface area contributed by atoms with E-state index in [2.05, 4.69) is 10.3 Å². The molecule has 0 aliphatic rings. The summed E-state index contributed by atoms with van der Waals surface area (Å²) in [5.74, 6) is -1.67. The Kier molecular flexibility index (Phi) is 7.69. The lowest BCUT2D eigenvalue weighted by atomic mass is 10.1. The first kappa shape index (κ1) is 25.6. The van der Waals surface area contributed by atoms with Crippen LogP contribution in [0.4, 0.5) is 15.9 Å². The average Bonchev–Trinajstić information content (AvgIpc) is 2.87. The van der Waals surface area contributed by atoms with E-state index >= 15 is 0 Å². The number of amides is 1. The number of hydrogen-bond donors (Lipinski definition) is 2. The molecule has 9 nitrogen and oxygen atoms in total. The molecule has 1 atom stereocenters. The second-order valence-corrected chi connectivity index (χ2v) is 8.76. The van der Waals surface area contributed by atoms with E-state index in [1.807, 2.05) is 0 Å². The van der Waals surface area contributed by atoms with Crippen LogP contribution in [-0.2, 0) is 17.9 Å². The summed E-state index contributed by atoms with van der Waals surface area (Å²) in [6.45, 7) is 1.49. The highest BCUT2D eigenvalue weighted by Gasteiger charge is 2.17. The van der Waals surface area contributed by atoms with Crippen LogP contribution >= 0.6 is 11.6 Å². The molecule has 2 aromatic carbocycles. The molecular formula is C26H23ClFN5O4. The minimum Gasteiger partial charge on any atom is -0.436 e. The number of ether oxygens (including phenoxy) is 1. The maximum Gasteiger partial charge on any atom is 0.332 e. The van der Waals surface area contributed by atoms with Crippen LogP contribution in [0.3, 0.4) is 0 Å². The fraction of sp³-hybridized carbons (Fsp3) is 0.154. The monoisotopic (exact) mass is 523 g/mol. The minimum atomic E-state index is -0.728. The van der Waals surface area contributed by atoms with E-state index in [1.54, 1.807) is 55.5 Å². The van der Waals surface area contributed by atoms with Crippen molar-refractivity contribution in [2.75, 3.05) is 5.32 Å². The molecule has 0 spiro atoms. The molecule has 0 bridgehead atoms. The quantitative estimate of drug-likeness (QED) is 0.343. The first-order chi connectivity index (χ1) is 17.7. The normalized spacial score (nSPS) is 11.6. The second-order valence-electron chi connectivity index (χ2n) is 8.32. The zero-order valence-electron chi connectivity index (χ0n) is 19.7. The molecule has 1 amide bonds. The van der Waals surface area contributed by atoms with Gasteiger partial charge in [0.1, 0.15) is 11.6 Å². The summed E-state index contributed by atoms with van der Waals surface area (Å²) in [5, 5.41) is 3.61. The van der Waals surface area contributed by atoms with Crippen LogP contribution in [0.5, 0.6) is 11.6 Å². The zero-order valence-corrected chi connectivity index (χ0v) is 20.5. The topological polar surface area (TPSA) is 121 Å². The summed E-state index contributed by atoms with van der Waals surface area (Å²) < 4.78 is 21.8. The smallest absolute Gasteiger partial charge is 0.332 e. The van der Waals surface area contributed by atoms with Gasteiger partial charge in [-0.15, -0.1) is 0 Å². The SMILES string of the molecule is C[C@@H](Cn1c(=O)cc(Nc2cccc(Oc3ncccc3F)c2)n(Cc2ccc(Cl)cc2)c1=O)C(N)=O. The molecule has 0 saturated carbocycles. The number of nitrogens with one attached hydrogen (secondary N) is 1. The van der Waals surface area contributed by atoms with Crippen molar-refractivity contribution in [2.45, 2.75) is 20.0 Å². The number of carbonyl (C=O) groups is 1. The van der Waals surface area contributed by atoms with Gasteiger partial charge in [0.2, 0.25) is 5.91 Å². The maximum absolute atomic E-state index is 14.0. The van der Waals surface area contributed by atoms with Gasteiger partial charge >= 0.3 is 5.69 Å². The van der Waals surface area contributed by atoms with Gasteiger partial charge in [-0.05, 0) is 42.0 Å².